The molecule has 8 nitrogen and oxygen atoms in total. The number of carbonyl (C=O) groups is 3. The quantitative estimate of drug-likeness (QED) is 0.453. The Morgan fingerprint density at radius 2 is 1.94 bits per heavy atom. The Morgan fingerprint density at radius 1 is 1.33 bits per heavy atom. The van der Waals surface area contributed by atoms with E-state index in [1.54, 1.807) is 0 Å². The minimum atomic E-state index is -1.24. The first-order chi connectivity index (χ1) is 8.42. The molecule has 0 rings (SSSR count). The maximum Gasteiger partial charge on any atom is 0.326 e. The summed E-state index contributed by atoms with van der Waals surface area (Å²) in [5.74, 6) is -2.43. The molecule has 0 aromatic heterocycles. The van der Waals surface area contributed by atoms with Crippen molar-refractivity contribution in [3.8, 4) is 0 Å². The van der Waals surface area contributed by atoms with Crippen molar-refractivity contribution < 1.29 is 29.0 Å². The number of carbonyl (C=O) groups excluding carboxylic acids is 2. The van der Waals surface area contributed by atoms with E-state index in [4.69, 9.17) is 10.8 Å². The Hall–Kier alpha value is -1.67. The van der Waals surface area contributed by atoms with Crippen LogP contribution in [0.4, 0.5) is 0 Å². The zero-order chi connectivity index (χ0) is 14.1. The van der Waals surface area contributed by atoms with Crippen LogP contribution < -0.4 is 11.1 Å². The van der Waals surface area contributed by atoms with Crippen molar-refractivity contribution in [2.24, 2.45) is 5.73 Å². The van der Waals surface area contributed by atoms with Crippen molar-refractivity contribution in [3.05, 3.63) is 0 Å². The van der Waals surface area contributed by atoms with Gasteiger partial charge >= 0.3 is 11.9 Å². The molecule has 0 aliphatic rings. The maximum atomic E-state index is 11.5. The molecule has 0 aromatic carbocycles. The monoisotopic (exact) mass is 262 g/mol. The minimum Gasteiger partial charge on any atom is -0.480 e. The maximum absolute atomic E-state index is 11.5. The van der Waals surface area contributed by atoms with Crippen molar-refractivity contribution in [2.75, 3.05) is 20.8 Å². The summed E-state index contributed by atoms with van der Waals surface area (Å²) in [6, 6.07) is -2.13. The van der Waals surface area contributed by atoms with E-state index < -0.39 is 29.9 Å². The summed E-state index contributed by atoms with van der Waals surface area (Å²) in [4.78, 5) is 33.2. The second-order valence-corrected chi connectivity index (χ2v) is 3.58. The largest absolute Gasteiger partial charge is 0.480 e. The predicted octanol–water partition coefficient (Wildman–Crippen LogP) is -1.52. The third kappa shape index (κ3) is 6.16. The molecule has 0 heterocycles. The number of hydrogen-bond acceptors (Lipinski definition) is 6. The number of nitrogens with two attached hydrogens (primary N) is 1. The predicted molar refractivity (Wildman–Crippen MR) is 60.7 cm³/mol. The lowest BCUT2D eigenvalue weighted by Crippen LogP contribution is -2.50. The van der Waals surface area contributed by atoms with Crippen molar-refractivity contribution in [2.45, 2.75) is 24.9 Å². The Morgan fingerprint density at radius 3 is 2.39 bits per heavy atom. The van der Waals surface area contributed by atoms with Crippen LogP contribution in [-0.4, -0.2) is 55.9 Å². The smallest absolute Gasteiger partial charge is 0.326 e. The number of carboxylic acid groups (broad SMARTS) is 1. The van der Waals surface area contributed by atoms with E-state index in [9.17, 15) is 14.4 Å². The van der Waals surface area contributed by atoms with Gasteiger partial charge in [0.1, 0.15) is 12.1 Å². The summed E-state index contributed by atoms with van der Waals surface area (Å²) in [6.45, 7) is -0.0187. The molecule has 1 amide bonds. The molecular weight excluding hydrogens is 244 g/mol. The Bertz CT molecular complexity index is 307. The fourth-order valence-electron chi connectivity index (χ4n) is 1.16. The summed E-state index contributed by atoms with van der Waals surface area (Å²) in [5.41, 5.74) is 5.44. The van der Waals surface area contributed by atoms with E-state index in [1.807, 2.05) is 0 Å². The van der Waals surface area contributed by atoms with Gasteiger partial charge in [0.05, 0.1) is 13.7 Å². The molecule has 2 atom stereocenters. The van der Waals surface area contributed by atoms with E-state index in [-0.39, 0.29) is 19.4 Å². The van der Waals surface area contributed by atoms with Crippen LogP contribution in [0, 0.1) is 0 Å². The first-order valence-electron chi connectivity index (χ1n) is 5.26. The standard InChI is InChI=1S/C10H18N2O6/c1-17-5-6(11)9(14)12-7(10(15)16)3-4-8(13)18-2/h6-7H,3-5,11H2,1-2H3,(H,12,14)(H,15,16). The lowest BCUT2D eigenvalue weighted by molar-refractivity contribution is -0.144. The highest BCUT2D eigenvalue weighted by Gasteiger charge is 2.23. The lowest BCUT2D eigenvalue weighted by atomic mass is 10.1. The Kier molecular flexibility index (Phi) is 7.64. The van der Waals surface area contributed by atoms with Gasteiger partial charge in [0.2, 0.25) is 5.91 Å². The van der Waals surface area contributed by atoms with Gasteiger partial charge < -0.3 is 25.6 Å². The zero-order valence-corrected chi connectivity index (χ0v) is 10.3. The first-order valence-corrected chi connectivity index (χ1v) is 5.26. The molecule has 4 N–H and O–H groups in total. The number of rotatable bonds is 8. The summed E-state index contributed by atoms with van der Waals surface area (Å²) in [6.07, 6.45) is -0.166. The van der Waals surface area contributed by atoms with E-state index >= 15 is 0 Å². The molecule has 2 unspecified atom stereocenters. The zero-order valence-electron chi connectivity index (χ0n) is 10.3. The van der Waals surface area contributed by atoms with Gasteiger partial charge in [0, 0.05) is 13.5 Å². The third-order valence-electron chi connectivity index (χ3n) is 2.16. The van der Waals surface area contributed by atoms with Gasteiger partial charge in [-0.1, -0.05) is 0 Å². The van der Waals surface area contributed by atoms with E-state index in [0.717, 1.165) is 0 Å². The summed E-state index contributed by atoms with van der Waals surface area (Å²) < 4.78 is 9.06. The Labute approximate surface area is 104 Å². The van der Waals surface area contributed by atoms with Crippen LogP contribution in [0.15, 0.2) is 0 Å². The summed E-state index contributed by atoms with van der Waals surface area (Å²) in [7, 11) is 2.57. The van der Waals surface area contributed by atoms with Crippen molar-refractivity contribution in [1.82, 2.24) is 5.32 Å². The van der Waals surface area contributed by atoms with Gasteiger partial charge in [-0.25, -0.2) is 4.79 Å². The van der Waals surface area contributed by atoms with Gasteiger partial charge in [0.15, 0.2) is 0 Å². The highest BCUT2D eigenvalue weighted by Crippen LogP contribution is 2.00. The Balaban J connectivity index is 4.31. The van der Waals surface area contributed by atoms with E-state index in [1.165, 1.54) is 14.2 Å². The number of aliphatic carboxylic acids is 1. The minimum absolute atomic E-state index is 0.0187. The molecule has 0 aliphatic heterocycles. The molecule has 8 heteroatoms. The number of hydrogen-bond donors (Lipinski definition) is 3. The van der Waals surface area contributed by atoms with Crippen LogP contribution in [0.25, 0.3) is 0 Å². The summed E-state index contributed by atoms with van der Waals surface area (Å²) >= 11 is 0. The van der Waals surface area contributed by atoms with E-state index in [0.29, 0.717) is 0 Å². The molecule has 18 heavy (non-hydrogen) atoms. The van der Waals surface area contributed by atoms with Gasteiger partial charge in [-0.3, -0.25) is 9.59 Å². The number of nitrogens with one attached hydrogen (secondary N) is 1. The average Bonchev–Trinajstić information content (AvgIpc) is 2.33. The highest BCUT2D eigenvalue weighted by atomic mass is 16.5. The molecule has 0 saturated carbocycles. The first kappa shape index (κ1) is 16.3. The van der Waals surface area contributed by atoms with Crippen LogP contribution >= 0.6 is 0 Å². The molecule has 0 spiro atoms. The SMILES string of the molecule is COCC(N)C(=O)NC(CCC(=O)OC)C(=O)O. The van der Waals surface area contributed by atoms with Crippen LogP contribution in [0.2, 0.25) is 0 Å². The molecule has 0 aromatic rings. The highest BCUT2D eigenvalue weighted by molar-refractivity contribution is 5.87. The molecule has 0 fully saturated rings. The fraction of sp³-hybridized carbons (Fsp3) is 0.700. The van der Waals surface area contributed by atoms with Gasteiger partial charge in [-0.2, -0.15) is 0 Å². The van der Waals surface area contributed by atoms with Crippen LogP contribution in [0.1, 0.15) is 12.8 Å². The van der Waals surface area contributed by atoms with Gasteiger partial charge in [-0.05, 0) is 6.42 Å². The third-order valence-corrected chi connectivity index (χ3v) is 2.16. The van der Waals surface area contributed by atoms with Gasteiger partial charge in [0.25, 0.3) is 0 Å². The van der Waals surface area contributed by atoms with Crippen LogP contribution in [-0.2, 0) is 23.9 Å². The van der Waals surface area contributed by atoms with Gasteiger partial charge in [-0.15, -0.1) is 0 Å². The number of amides is 1. The molecule has 104 valence electrons. The van der Waals surface area contributed by atoms with E-state index in [2.05, 4.69) is 14.8 Å². The molecular formula is C10H18N2O6. The molecule has 0 saturated heterocycles. The number of ether oxygens (including phenoxy) is 2. The molecule has 0 aliphatic carbocycles. The fourth-order valence-corrected chi connectivity index (χ4v) is 1.16. The van der Waals surface area contributed by atoms with Crippen LogP contribution in [0.5, 0.6) is 0 Å². The molecule has 0 bridgehead atoms. The number of methoxy groups -OCH3 is 2. The molecule has 0 radical (unpaired) electrons. The average molecular weight is 262 g/mol. The summed E-state index contributed by atoms with van der Waals surface area (Å²) in [5, 5.41) is 11.1. The second kappa shape index (κ2) is 8.43. The number of carboxylic acids is 1. The second-order valence-electron chi connectivity index (χ2n) is 3.58. The van der Waals surface area contributed by atoms with Crippen molar-refractivity contribution in [3.63, 3.8) is 0 Å². The normalized spacial score (nSPS) is 13.5. The lowest BCUT2D eigenvalue weighted by Gasteiger charge is -2.16. The van der Waals surface area contributed by atoms with Crippen molar-refractivity contribution in [1.29, 1.82) is 0 Å². The van der Waals surface area contributed by atoms with Crippen LogP contribution in [0.3, 0.4) is 0 Å². The van der Waals surface area contributed by atoms with Crippen molar-refractivity contribution >= 4 is 17.8 Å². The number of esters is 1. The topological polar surface area (TPSA) is 128 Å².